The van der Waals surface area contributed by atoms with Gasteiger partial charge in [0.25, 0.3) is 0 Å². The molecule has 8 heteroatoms. The van der Waals surface area contributed by atoms with Gasteiger partial charge in [-0.2, -0.15) is 0 Å². The van der Waals surface area contributed by atoms with E-state index in [0.29, 0.717) is 12.0 Å². The monoisotopic (exact) mass is 511 g/mol. The molecule has 166 valence electrons. The molecule has 0 aromatic carbocycles. The van der Waals surface area contributed by atoms with Gasteiger partial charge in [0.2, 0.25) is 0 Å². The Morgan fingerprint density at radius 1 is 1.25 bits per heavy atom. The van der Waals surface area contributed by atoms with Crippen LogP contribution in [-0.4, -0.2) is 101 Å². The largest absolute Gasteiger partial charge is 0.379 e. The van der Waals surface area contributed by atoms with Crippen molar-refractivity contribution in [2.45, 2.75) is 39.2 Å². The van der Waals surface area contributed by atoms with Crippen LogP contribution in [0.1, 0.15) is 33.1 Å². The van der Waals surface area contributed by atoms with Gasteiger partial charge in [-0.1, -0.05) is 6.92 Å². The van der Waals surface area contributed by atoms with Crippen molar-refractivity contribution in [1.29, 1.82) is 0 Å². The number of hydrogen-bond acceptors (Lipinski definition) is 5. The third-order valence-electron chi connectivity index (χ3n) is 5.16. The molecule has 2 aliphatic heterocycles. The van der Waals surface area contributed by atoms with E-state index in [0.717, 1.165) is 64.8 Å². The Morgan fingerprint density at radius 2 is 2.04 bits per heavy atom. The topological polar surface area (TPSA) is 61.4 Å². The van der Waals surface area contributed by atoms with Crippen LogP contribution in [0.4, 0.5) is 0 Å². The summed E-state index contributed by atoms with van der Waals surface area (Å²) in [4.78, 5) is 9.73. The van der Waals surface area contributed by atoms with E-state index in [4.69, 9.17) is 14.5 Å². The predicted molar refractivity (Wildman–Crippen MR) is 127 cm³/mol. The second-order valence-electron chi connectivity index (χ2n) is 7.92. The molecule has 2 N–H and O–H groups in total. The van der Waals surface area contributed by atoms with Gasteiger partial charge in [-0.05, 0) is 39.2 Å². The molecule has 0 bridgehead atoms. The Morgan fingerprint density at radius 3 is 2.71 bits per heavy atom. The molecule has 0 spiro atoms. The Labute approximate surface area is 189 Å². The van der Waals surface area contributed by atoms with Crippen LogP contribution in [0.25, 0.3) is 0 Å². The number of guanidine groups is 1. The normalized spacial score (nSPS) is 22.7. The van der Waals surface area contributed by atoms with Gasteiger partial charge in [-0.25, -0.2) is 0 Å². The Hall–Kier alpha value is -0.160. The molecule has 0 aliphatic carbocycles. The zero-order chi connectivity index (χ0) is 19.3. The fourth-order valence-corrected chi connectivity index (χ4v) is 3.49. The van der Waals surface area contributed by atoms with Crippen molar-refractivity contribution in [2.75, 3.05) is 79.2 Å². The number of likely N-dealkylation sites (N-methyl/N-ethyl adjacent to an activating group) is 1. The van der Waals surface area contributed by atoms with Crippen LogP contribution >= 0.6 is 24.0 Å². The molecule has 2 aliphatic rings. The smallest absolute Gasteiger partial charge is 0.191 e. The SMILES string of the molecule is CCNC(=NCC(C)CN1CCN(C)CC1)NCCCOCC1CCCO1.I. The highest BCUT2D eigenvalue weighted by Crippen LogP contribution is 2.11. The van der Waals surface area contributed by atoms with E-state index in [-0.39, 0.29) is 24.0 Å². The summed E-state index contributed by atoms with van der Waals surface area (Å²) in [5, 5.41) is 6.76. The van der Waals surface area contributed by atoms with Crippen LogP contribution in [-0.2, 0) is 9.47 Å². The third kappa shape index (κ3) is 11.1. The zero-order valence-corrected chi connectivity index (χ0v) is 20.5. The van der Waals surface area contributed by atoms with Crippen LogP contribution in [0.3, 0.4) is 0 Å². The minimum absolute atomic E-state index is 0. The molecule has 0 saturated carbocycles. The number of ether oxygens (including phenoxy) is 2. The molecule has 2 fully saturated rings. The van der Waals surface area contributed by atoms with E-state index in [9.17, 15) is 0 Å². The molecule has 0 amide bonds. The molecular weight excluding hydrogens is 469 g/mol. The minimum atomic E-state index is 0. The van der Waals surface area contributed by atoms with Crippen molar-refractivity contribution >= 4 is 29.9 Å². The van der Waals surface area contributed by atoms with E-state index in [1.165, 1.54) is 32.6 Å². The fourth-order valence-electron chi connectivity index (χ4n) is 3.49. The predicted octanol–water partition coefficient (Wildman–Crippen LogP) is 1.63. The maximum atomic E-state index is 5.72. The molecule has 2 saturated heterocycles. The molecule has 2 atom stereocenters. The summed E-state index contributed by atoms with van der Waals surface area (Å²) in [7, 11) is 2.20. The van der Waals surface area contributed by atoms with Crippen molar-refractivity contribution in [3.05, 3.63) is 0 Å². The third-order valence-corrected chi connectivity index (χ3v) is 5.16. The second-order valence-corrected chi connectivity index (χ2v) is 7.92. The molecule has 28 heavy (non-hydrogen) atoms. The number of hydrogen-bond donors (Lipinski definition) is 2. The number of aliphatic imine (C=N–C) groups is 1. The van der Waals surface area contributed by atoms with Crippen molar-refractivity contribution in [1.82, 2.24) is 20.4 Å². The summed E-state index contributed by atoms with van der Waals surface area (Å²) in [5.74, 6) is 1.49. The van der Waals surface area contributed by atoms with E-state index in [1.54, 1.807) is 0 Å². The standard InChI is InChI=1S/C20H41N5O2.HI/c1-4-21-20(22-8-6-13-26-17-19-7-5-14-27-19)23-15-18(2)16-25-11-9-24(3)10-12-25;/h18-19H,4-17H2,1-3H3,(H2,21,22,23);1H. The Balaban J connectivity index is 0.00000392. The summed E-state index contributed by atoms with van der Waals surface area (Å²) in [6.07, 6.45) is 3.61. The molecule has 0 radical (unpaired) electrons. The first-order valence-electron chi connectivity index (χ1n) is 10.8. The van der Waals surface area contributed by atoms with Gasteiger partial charge in [0, 0.05) is 65.6 Å². The Kier molecular flexibility index (Phi) is 14.5. The van der Waals surface area contributed by atoms with Gasteiger partial charge in [-0.3, -0.25) is 4.99 Å². The van der Waals surface area contributed by atoms with Crippen LogP contribution in [0, 0.1) is 5.92 Å². The molecule has 0 aromatic heterocycles. The molecule has 7 nitrogen and oxygen atoms in total. The van der Waals surface area contributed by atoms with Crippen molar-refractivity contribution in [3.63, 3.8) is 0 Å². The second kappa shape index (κ2) is 15.6. The zero-order valence-electron chi connectivity index (χ0n) is 18.1. The van der Waals surface area contributed by atoms with Crippen LogP contribution in [0.5, 0.6) is 0 Å². The van der Waals surface area contributed by atoms with Crippen molar-refractivity contribution < 1.29 is 9.47 Å². The van der Waals surface area contributed by atoms with E-state index in [1.807, 2.05) is 0 Å². The number of piperazine rings is 1. The van der Waals surface area contributed by atoms with Crippen molar-refractivity contribution in [3.8, 4) is 0 Å². The lowest BCUT2D eigenvalue weighted by Gasteiger charge is -2.33. The Bertz CT molecular complexity index is 413. The summed E-state index contributed by atoms with van der Waals surface area (Å²) >= 11 is 0. The summed E-state index contributed by atoms with van der Waals surface area (Å²) < 4.78 is 11.3. The van der Waals surface area contributed by atoms with Gasteiger partial charge in [0.15, 0.2) is 5.96 Å². The van der Waals surface area contributed by atoms with E-state index >= 15 is 0 Å². The summed E-state index contributed by atoms with van der Waals surface area (Å²) in [6.45, 7) is 15.3. The van der Waals surface area contributed by atoms with Gasteiger partial charge in [0.05, 0.1) is 12.7 Å². The van der Waals surface area contributed by atoms with Gasteiger partial charge in [-0.15, -0.1) is 24.0 Å². The molecule has 2 rings (SSSR count). The number of nitrogens with zero attached hydrogens (tertiary/aromatic N) is 3. The van der Waals surface area contributed by atoms with Gasteiger partial charge in [0.1, 0.15) is 0 Å². The first kappa shape index (κ1) is 25.9. The number of halogens is 1. The molecular formula is C20H42IN5O2. The lowest BCUT2D eigenvalue weighted by Crippen LogP contribution is -2.46. The van der Waals surface area contributed by atoms with Crippen LogP contribution in [0.2, 0.25) is 0 Å². The lowest BCUT2D eigenvalue weighted by atomic mass is 10.1. The maximum absolute atomic E-state index is 5.72. The molecule has 0 aromatic rings. The van der Waals surface area contributed by atoms with E-state index in [2.05, 4.69) is 41.3 Å². The summed E-state index contributed by atoms with van der Waals surface area (Å²) in [5.41, 5.74) is 0. The first-order valence-corrected chi connectivity index (χ1v) is 10.8. The van der Waals surface area contributed by atoms with Crippen molar-refractivity contribution in [2.24, 2.45) is 10.9 Å². The quantitative estimate of drug-likeness (QED) is 0.190. The van der Waals surface area contributed by atoms with Gasteiger partial charge >= 0.3 is 0 Å². The first-order chi connectivity index (χ1) is 13.2. The maximum Gasteiger partial charge on any atom is 0.191 e. The van der Waals surface area contributed by atoms with Crippen LogP contribution in [0.15, 0.2) is 4.99 Å². The highest BCUT2D eigenvalue weighted by atomic mass is 127. The van der Waals surface area contributed by atoms with Gasteiger partial charge < -0.3 is 29.9 Å². The van der Waals surface area contributed by atoms with E-state index < -0.39 is 0 Å². The molecule has 2 unspecified atom stereocenters. The highest BCUT2D eigenvalue weighted by molar-refractivity contribution is 14.0. The average Bonchev–Trinajstić information content (AvgIpc) is 3.18. The number of rotatable bonds is 11. The highest BCUT2D eigenvalue weighted by Gasteiger charge is 2.16. The summed E-state index contributed by atoms with van der Waals surface area (Å²) in [6, 6.07) is 0. The number of nitrogens with one attached hydrogen (secondary N) is 2. The van der Waals surface area contributed by atoms with Crippen LogP contribution < -0.4 is 10.6 Å². The average molecular weight is 511 g/mol. The lowest BCUT2D eigenvalue weighted by molar-refractivity contribution is 0.0168. The fraction of sp³-hybridized carbons (Fsp3) is 0.950. The molecule has 2 heterocycles. The minimum Gasteiger partial charge on any atom is -0.379 e.